The second-order valence-corrected chi connectivity index (χ2v) is 6.04. The van der Waals surface area contributed by atoms with Gasteiger partial charge < -0.3 is 10.2 Å². The van der Waals surface area contributed by atoms with Crippen molar-refractivity contribution in [2.45, 2.75) is 31.9 Å². The number of nitrogens with zero attached hydrogens (tertiary/aromatic N) is 1. The molecule has 1 saturated heterocycles. The van der Waals surface area contributed by atoms with Crippen molar-refractivity contribution < 1.29 is 22.8 Å². The first-order valence-corrected chi connectivity index (χ1v) is 7.60. The Hall–Kier alpha value is -2.05. The quantitative estimate of drug-likeness (QED) is 0.926. The number of carbonyl (C=O) groups is 2. The van der Waals surface area contributed by atoms with Crippen LogP contribution in [-0.2, 0) is 22.4 Å². The Morgan fingerprint density at radius 3 is 2.74 bits per heavy atom. The number of aryl methyl sites for hydroxylation is 2. The summed E-state index contributed by atoms with van der Waals surface area (Å²) in [6.07, 6.45) is -1.40. The van der Waals surface area contributed by atoms with Crippen LogP contribution in [0.3, 0.4) is 0 Å². The largest absolute Gasteiger partial charge is 0.405 e. The number of nitrogens with one attached hydrogen (secondary N) is 1. The van der Waals surface area contributed by atoms with Gasteiger partial charge >= 0.3 is 6.18 Å². The molecule has 2 aliphatic rings. The topological polar surface area (TPSA) is 49.4 Å². The van der Waals surface area contributed by atoms with Crippen LogP contribution >= 0.6 is 0 Å². The molecular weight excluding hydrogens is 309 g/mol. The molecule has 0 unspecified atom stereocenters. The van der Waals surface area contributed by atoms with Crippen molar-refractivity contribution in [3.05, 3.63) is 29.3 Å². The minimum absolute atomic E-state index is 0.0548. The van der Waals surface area contributed by atoms with Crippen molar-refractivity contribution in [1.82, 2.24) is 5.32 Å². The van der Waals surface area contributed by atoms with Gasteiger partial charge in [-0.1, -0.05) is 6.07 Å². The van der Waals surface area contributed by atoms with E-state index in [1.807, 2.05) is 23.5 Å². The van der Waals surface area contributed by atoms with Gasteiger partial charge in [0.05, 0.1) is 5.92 Å². The van der Waals surface area contributed by atoms with Crippen LogP contribution in [0.25, 0.3) is 0 Å². The van der Waals surface area contributed by atoms with Gasteiger partial charge in [0.25, 0.3) is 0 Å². The standard InChI is InChI=1S/C16H17F3N2O2/c17-16(18,19)9-20-15(23)12-7-14(22)21(8-12)13-5-4-10-2-1-3-11(10)6-13/h4-6,12H,1-3,7-9H2,(H,20,23)/t12-/m1/s1. The maximum atomic E-state index is 12.2. The van der Waals surface area contributed by atoms with Crippen molar-refractivity contribution in [2.24, 2.45) is 5.92 Å². The number of hydrogen-bond acceptors (Lipinski definition) is 2. The number of carbonyl (C=O) groups excluding carboxylic acids is 2. The van der Waals surface area contributed by atoms with Crippen molar-refractivity contribution in [3.63, 3.8) is 0 Å². The lowest BCUT2D eigenvalue weighted by molar-refractivity contribution is -0.140. The van der Waals surface area contributed by atoms with E-state index in [9.17, 15) is 22.8 Å². The summed E-state index contributed by atoms with van der Waals surface area (Å²) in [5, 5.41) is 1.86. The summed E-state index contributed by atoms with van der Waals surface area (Å²) in [5.74, 6) is -1.69. The Morgan fingerprint density at radius 1 is 1.26 bits per heavy atom. The third kappa shape index (κ3) is 3.48. The number of rotatable bonds is 3. The molecule has 1 aliphatic carbocycles. The Bertz CT molecular complexity index is 643. The average Bonchev–Trinajstić information content (AvgIpc) is 3.09. The van der Waals surface area contributed by atoms with Crippen LogP contribution in [0.15, 0.2) is 18.2 Å². The molecule has 0 spiro atoms. The zero-order valence-corrected chi connectivity index (χ0v) is 12.4. The van der Waals surface area contributed by atoms with Gasteiger partial charge in [0.15, 0.2) is 0 Å². The van der Waals surface area contributed by atoms with E-state index in [1.165, 1.54) is 16.0 Å². The normalized spacial score (nSPS) is 20.7. The molecule has 1 N–H and O–H groups in total. The fourth-order valence-electron chi connectivity index (χ4n) is 3.19. The first-order chi connectivity index (χ1) is 10.8. The zero-order valence-electron chi connectivity index (χ0n) is 12.4. The van der Waals surface area contributed by atoms with Gasteiger partial charge in [-0.15, -0.1) is 0 Å². The van der Waals surface area contributed by atoms with Gasteiger partial charge in [-0.05, 0) is 42.5 Å². The highest BCUT2D eigenvalue weighted by Crippen LogP contribution is 2.30. The van der Waals surface area contributed by atoms with E-state index in [1.54, 1.807) is 0 Å². The lowest BCUT2D eigenvalue weighted by Gasteiger charge is -2.18. The summed E-state index contributed by atoms with van der Waals surface area (Å²) in [5.41, 5.74) is 3.21. The first kappa shape index (κ1) is 15.8. The summed E-state index contributed by atoms with van der Waals surface area (Å²) in [6, 6.07) is 5.79. The molecule has 1 heterocycles. The Morgan fingerprint density at radius 2 is 2.00 bits per heavy atom. The maximum absolute atomic E-state index is 12.2. The van der Waals surface area contributed by atoms with Crippen molar-refractivity contribution in [3.8, 4) is 0 Å². The fraction of sp³-hybridized carbons (Fsp3) is 0.500. The highest BCUT2D eigenvalue weighted by atomic mass is 19.4. The number of anilines is 1. The smallest absolute Gasteiger partial charge is 0.347 e. The number of halogens is 3. The molecule has 1 aromatic carbocycles. The van der Waals surface area contributed by atoms with Crippen LogP contribution in [0.5, 0.6) is 0 Å². The number of hydrogen-bond donors (Lipinski definition) is 1. The Labute approximate surface area is 131 Å². The molecule has 2 amide bonds. The second-order valence-electron chi connectivity index (χ2n) is 6.04. The van der Waals surface area contributed by atoms with E-state index < -0.39 is 24.5 Å². The summed E-state index contributed by atoms with van der Waals surface area (Å²) < 4.78 is 36.5. The van der Waals surface area contributed by atoms with E-state index in [-0.39, 0.29) is 18.9 Å². The highest BCUT2D eigenvalue weighted by molar-refractivity contribution is 6.00. The molecule has 0 radical (unpaired) electrons. The number of alkyl halides is 3. The van der Waals surface area contributed by atoms with Crippen molar-refractivity contribution in [2.75, 3.05) is 18.0 Å². The van der Waals surface area contributed by atoms with Gasteiger partial charge in [-0.2, -0.15) is 13.2 Å². The summed E-state index contributed by atoms with van der Waals surface area (Å²) in [6.45, 7) is -1.24. The van der Waals surface area contributed by atoms with Gasteiger partial charge in [-0.25, -0.2) is 0 Å². The monoisotopic (exact) mass is 326 g/mol. The predicted octanol–water partition coefficient (Wildman–Crippen LogP) is 2.21. The number of amides is 2. The van der Waals surface area contributed by atoms with Crippen LogP contribution in [0, 0.1) is 5.92 Å². The highest BCUT2D eigenvalue weighted by Gasteiger charge is 2.37. The van der Waals surface area contributed by atoms with Crippen LogP contribution in [-0.4, -0.2) is 31.1 Å². The van der Waals surface area contributed by atoms with E-state index >= 15 is 0 Å². The number of benzene rings is 1. The van der Waals surface area contributed by atoms with Gasteiger partial charge in [-0.3, -0.25) is 9.59 Å². The fourth-order valence-corrected chi connectivity index (χ4v) is 3.19. The van der Waals surface area contributed by atoms with Crippen LogP contribution in [0.4, 0.5) is 18.9 Å². The third-order valence-corrected chi connectivity index (χ3v) is 4.35. The van der Waals surface area contributed by atoms with Crippen LogP contribution in [0.1, 0.15) is 24.0 Å². The van der Waals surface area contributed by atoms with Crippen LogP contribution < -0.4 is 10.2 Å². The molecule has 1 fully saturated rings. The maximum Gasteiger partial charge on any atom is 0.405 e. The molecule has 1 aliphatic heterocycles. The predicted molar refractivity (Wildman–Crippen MR) is 78.0 cm³/mol. The lowest BCUT2D eigenvalue weighted by Crippen LogP contribution is -2.38. The molecule has 0 aromatic heterocycles. The van der Waals surface area contributed by atoms with Crippen molar-refractivity contribution in [1.29, 1.82) is 0 Å². The third-order valence-electron chi connectivity index (χ3n) is 4.35. The Kier molecular flexibility index (Phi) is 4.04. The molecule has 124 valence electrons. The van der Waals surface area contributed by atoms with Gasteiger partial charge in [0, 0.05) is 18.7 Å². The average molecular weight is 326 g/mol. The van der Waals surface area contributed by atoms with E-state index in [0.29, 0.717) is 0 Å². The Balaban J connectivity index is 1.67. The molecule has 4 nitrogen and oxygen atoms in total. The SMILES string of the molecule is O=C(NCC(F)(F)F)[C@@H]1CC(=O)N(c2ccc3c(c2)CCC3)C1. The van der Waals surface area contributed by atoms with Gasteiger partial charge in [0.1, 0.15) is 6.54 Å². The molecule has 7 heteroatoms. The first-order valence-electron chi connectivity index (χ1n) is 7.60. The minimum Gasteiger partial charge on any atom is -0.347 e. The molecule has 0 bridgehead atoms. The van der Waals surface area contributed by atoms with Crippen molar-refractivity contribution >= 4 is 17.5 Å². The summed E-state index contributed by atoms with van der Waals surface area (Å²) in [7, 11) is 0. The molecule has 1 atom stereocenters. The summed E-state index contributed by atoms with van der Waals surface area (Å²) >= 11 is 0. The minimum atomic E-state index is -4.45. The number of fused-ring (bicyclic) bond motifs is 1. The zero-order chi connectivity index (χ0) is 16.6. The molecule has 1 aromatic rings. The van der Waals surface area contributed by atoms with E-state index in [2.05, 4.69) is 0 Å². The van der Waals surface area contributed by atoms with Gasteiger partial charge in [0.2, 0.25) is 11.8 Å². The second kappa shape index (κ2) is 5.86. The van der Waals surface area contributed by atoms with Crippen LogP contribution in [0.2, 0.25) is 0 Å². The molecular formula is C16H17F3N2O2. The molecule has 23 heavy (non-hydrogen) atoms. The van der Waals surface area contributed by atoms with E-state index in [4.69, 9.17) is 0 Å². The molecule has 3 rings (SSSR count). The summed E-state index contributed by atoms with van der Waals surface area (Å²) in [4.78, 5) is 25.4. The lowest BCUT2D eigenvalue weighted by atomic mass is 10.1. The molecule has 0 saturated carbocycles. The van der Waals surface area contributed by atoms with E-state index in [0.717, 1.165) is 24.9 Å².